The van der Waals surface area contributed by atoms with Gasteiger partial charge in [0.25, 0.3) is 0 Å². The van der Waals surface area contributed by atoms with Crippen LogP contribution in [-0.2, 0) is 26.2 Å². The molecule has 1 heterocycles. The topological polar surface area (TPSA) is 0 Å². The van der Waals surface area contributed by atoms with Crippen LogP contribution in [0.2, 0.25) is 0 Å². The van der Waals surface area contributed by atoms with E-state index in [1.54, 1.807) is 0 Å². The van der Waals surface area contributed by atoms with Crippen LogP contribution in [0.3, 0.4) is 0 Å². The fourth-order valence-corrected chi connectivity index (χ4v) is 2.69. The number of halogens is 2. The molecule has 1 unspecified atom stereocenters. The first-order valence-electron chi connectivity index (χ1n) is 4.66. The van der Waals surface area contributed by atoms with E-state index in [1.807, 2.05) is 11.8 Å². The summed E-state index contributed by atoms with van der Waals surface area (Å²) in [5.74, 6) is 0. The molecule has 0 aromatic heterocycles. The van der Waals surface area contributed by atoms with Crippen molar-refractivity contribution in [2.24, 2.45) is 0 Å². The Balaban J connectivity index is 0. The number of rotatable bonds is 2. The minimum Gasteiger partial charge on any atom is -1.00 e. The van der Waals surface area contributed by atoms with Crippen LogP contribution >= 0.6 is 11.8 Å². The summed E-state index contributed by atoms with van der Waals surface area (Å²) in [4.78, 5) is 1.45. The fourth-order valence-electron chi connectivity index (χ4n) is 1.53. The molecule has 2 aliphatic rings. The number of allylic oxidation sites excluding steroid dienone is 6. The Morgan fingerprint density at radius 2 is 2.06 bits per heavy atom. The second kappa shape index (κ2) is 8.80. The van der Waals surface area contributed by atoms with Crippen molar-refractivity contribution in [3.63, 3.8) is 0 Å². The van der Waals surface area contributed by atoms with Gasteiger partial charge in [-0.3, -0.25) is 0 Å². The Labute approximate surface area is 134 Å². The minimum absolute atomic E-state index is 0. The Morgan fingerprint density at radius 3 is 2.62 bits per heavy atom. The van der Waals surface area contributed by atoms with Crippen LogP contribution in [-0.4, -0.2) is 5.25 Å². The predicted octanol–water partition coefficient (Wildman–Crippen LogP) is -2.16. The monoisotopic (exact) mass is 350 g/mol. The molecule has 86 valence electrons. The third-order valence-corrected chi connectivity index (χ3v) is 3.47. The van der Waals surface area contributed by atoms with Crippen LogP contribution < -0.4 is 24.8 Å². The van der Waals surface area contributed by atoms with Gasteiger partial charge in [-0.2, -0.15) is 0 Å². The summed E-state index contributed by atoms with van der Waals surface area (Å²) in [6, 6.07) is 0. The van der Waals surface area contributed by atoms with E-state index in [2.05, 4.69) is 44.2 Å². The van der Waals surface area contributed by atoms with Crippen molar-refractivity contribution in [2.45, 2.75) is 25.5 Å². The van der Waals surface area contributed by atoms with Gasteiger partial charge in [0, 0.05) is 10.2 Å². The van der Waals surface area contributed by atoms with Gasteiger partial charge < -0.3 is 24.8 Å². The average molecular weight is 352 g/mol. The molecule has 1 aliphatic carbocycles. The Bertz CT molecular complexity index is 339. The molecule has 0 spiro atoms. The molecule has 0 amide bonds. The van der Waals surface area contributed by atoms with Crippen molar-refractivity contribution in [3.8, 4) is 0 Å². The Kier molecular flexibility index (Phi) is 10.5. The SMILES string of the molecule is CC(C)=CCC1C=C2C=CC=C2S1.[Cl-].[Cl-].[Zr+2]. The molecule has 0 saturated heterocycles. The van der Waals surface area contributed by atoms with Crippen molar-refractivity contribution < 1.29 is 51.0 Å². The minimum atomic E-state index is 0. The third-order valence-electron chi connectivity index (χ3n) is 2.21. The maximum Gasteiger partial charge on any atom is 2.00 e. The van der Waals surface area contributed by atoms with Gasteiger partial charge in [0.15, 0.2) is 0 Å². The summed E-state index contributed by atoms with van der Waals surface area (Å²) >= 11 is 1.98. The molecule has 1 atom stereocenters. The van der Waals surface area contributed by atoms with Crippen molar-refractivity contribution >= 4 is 11.8 Å². The molecule has 0 bridgehead atoms. The number of thioether (sulfide) groups is 1. The summed E-state index contributed by atoms with van der Waals surface area (Å²) in [6.45, 7) is 4.32. The molecule has 0 saturated carbocycles. The molecule has 0 aromatic carbocycles. The first-order valence-corrected chi connectivity index (χ1v) is 5.54. The quantitative estimate of drug-likeness (QED) is 0.511. The number of fused-ring (bicyclic) bond motifs is 1. The normalized spacial score (nSPS) is 19.5. The Hall–Kier alpha value is 0.773. The van der Waals surface area contributed by atoms with E-state index < -0.39 is 0 Å². The van der Waals surface area contributed by atoms with E-state index >= 15 is 0 Å². The zero-order chi connectivity index (χ0) is 9.26. The molecular formula is C12H14Cl2SZr. The van der Waals surface area contributed by atoms with E-state index in [4.69, 9.17) is 0 Å². The second-order valence-corrected chi connectivity index (χ2v) is 4.97. The van der Waals surface area contributed by atoms with Crippen LogP contribution in [0.5, 0.6) is 0 Å². The molecule has 0 aromatic rings. The molecule has 16 heavy (non-hydrogen) atoms. The van der Waals surface area contributed by atoms with Crippen LogP contribution in [0.15, 0.2) is 46.4 Å². The van der Waals surface area contributed by atoms with Crippen LogP contribution in [0.25, 0.3) is 0 Å². The van der Waals surface area contributed by atoms with Gasteiger partial charge in [0.1, 0.15) is 0 Å². The van der Waals surface area contributed by atoms with Crippen LogP contribution in [0, 0.1) is 0 Å². The van der Waals surface area contributed by atoms with Gasteiger partial charge in [0.05, 0.1) is 0 Å². The number of hydrogen-bond donors (Lipinski definition) is 0. The van der Waals surface area contributed by atoms with Crippen molar-refractivity contribution in [1.29, 1.82) is 0 Å². The van der Waals surface area contributed by atoms with Crippen LogP contribution in [0.1, 0.15) is 20.3 Å². The molecule has 0 radical (unpaired) electrons. The van der Waals surface area contributed by atoms with Crippen molar-refractivity contribution in [2.75, 3.05) is 0 Å². The van der Waals surface area contributed by atoms with Gasteiger partial charge in [-0.15, -0.1) is 11.8 Å². The molecule has 0 fully saturated rings. The summed E-state index contributed by atoms with van der Waals surface area (Å²) in [6.07, 6.45) is 12.4. The Morgan fingerprint density at radius 1 is 1.38 bits per heavy atom. The third kappa shape index (κ3) is 4.96. The van der Waals surface area contributed by atoms with E-state index in [1.165, 1.54) is 22.5 Å². The molecule has 2 rings (SSSR count). The predicted molar refractivity (Wildman–Crippen MR) is 60.7 cm³/mol. The maximum atomic E-state index is 2.37. The first-order chi connectivity index (χ1) is 6.25. The van der Waals surface area contributed by atoms with Crippen molar-refractivity contribution in [3.05, 3.63) is 46.4 Å². The fraction of sp³-hybridized carbons (Fsp3) is 0.333. The van der Waals surface area contributed by atoms with Gasteiger partial charge in [-0.1, -0.05) is 29.9 Å². The molecule has 4 heteroatoms. The molecular weight excluding hydrogens is 338 g/mol. The van der Waals surface area contributed by atoms with E-state index in [9.17, 15) is 0 Å². The van der Waals surface area contributed by atoms with E-state index in [0.717, 1.165) is 0 Å². The van der Waals surface area contributed by atoms with Gasteiger partial charge >= 0.3 is 26.2 Å². The molecule has 0 N–H and O–H groups in total. The van der Waals surface area contributed by atoms with Gasteiger partial charge in [-0.25, -0.2) is 0 Å². The van der Waals surface area contributed by atoms with Crippen LogP contribution in [0.4, 0.5) is 0 Å². The summed E-state index contributed by atoms with van der Waals surface area (Å²) < 4.78 is 0. The first kappa shape index (κ1) is 19.1. The largest absolute Gasteiger partial charge is 2.00 e. The average Bonchev–Trinajstić information content (AvgIpc) is 2.58. The zero-order valence-electron chi connectivity index (χ0n) is 9.34. The van der Waals surface area contributed by atoms with E-state index in [0.29, 0.717) is 5.25 Å². The summed E-state index contributed by atoms with van der Waals surface area (Å²) in [7, 11) is 0. The standard InChI is InChI=1S/C12H14S.2ClH.Zr/c1-9(2)6-7-11-8-10-4-3-5-12(10)13-11;;;/h3-6,8,11H,7H2,1-2H3;2*1H;/q;;;+2/p-2. The summed E-state index contributed by atoms with van der Waals surface area (Å²) in [5, 5.41) is 0.668. The van der Waals surface area contributed by atoms with Gasteiger partial charge in [0.2, 0.25) is 0 Å². The zero-order valence-corrected chi connectivity index (χ0v) is 14.1. The maximum absolute atomic E-state index is 2.37. The van der Waals surface area contributed by atoms with Crippen molar-refractivity contribution in [1.82, 2.24) is 0 Å². The number of hydrogen-bond acceptors (Lipinski definition) is 1. The van der Waals surface area contributed by atoms with E-state index in [-0.39, 0.29) is 51.0 Å². The molecule has 1 aliphatic heterocycles. The van der Waals surface area contributed by atoms with Gasteiger partial charge in [-0.05, 0) is 31.9 Å². The summed E-state index contributed by atoms with van der Waals surface area (Å²) in [5.41, 5.74) is 2.85. The molecule has 0 nitrogen and oxygen atoms in total. The smallest absolute Gasteiger partial charge is 1.00 e. The second-order valence-electron chi connectivity index (χ2n) is 3.69.